The predicted molar refractivity (Wildman–Crippen MR) is 114 cm³/mol. The van der Waals surface area contributed by atoms with Crippen molar-refractivity contribution in [1.29, 1.82) is 0 Å². The van der Waals surface area contributed by atoms with Crippen molar-refractivity contribution in [1.82, 2.24) is 29.3 Å². The van der Waals surface area contributed by atoms with Crippen molar-refractivity contribution in [2.24, 2.45) is 0 Å². The Morgan fingerprint density at radius 1 is 0.828 bits per heavy atom. The van der Waals surface area contributed by atoms with E-state index in [1.807, 2.05) is 35.0 Å². The highest BCUT2D eigenvalue weighted by Crippen LogP contribution is 2.24. The van der Waals surface area contributed by atoms with Crippen molar-refractivity contribution >= 4 is 22.3 Å². The van der Waals surface area contributed by atoms with Crippen LogP contribution >= 0.6 is 0 Å². The van der Waals surface area contributed by atoms with Gasteiger partial charge >= 0.3 is 0 Å². The van der Waals surface area contributed by atoms with E-state index in [-0.39, 0.29) is 0 Å². The highest BCUT2D eigenvalue weighted by atomic mass is 15.4. The maximum atomic E-state index is 4.83. The van der Waals surface area contributed by atoms with E-state index in [1.54, 1.807) is 0 Å². The first-order valence-corrected chi connectivity index (χ1v) is 9.88. The molecule has 0 aliphatic carbocycles. The lowest BCUT2D eigenvalue weighted by Crippen LogP contribution is -2.09. The molecule has 3 heterocycles. The molecule has 0 N–H and O–H groups in total. The molecule has 5 rings (SSSR count). The van der Waals surface area contributed by atoms with E-state index in [9.17, 15) is 0 Å². The van der Waals surface area contributed by atoms with Gasteiger partial charge in [-0.2, -0.15) is 10.1 Å². The number of aryl methyl sites for hydroxylation is 2. The van der Waals surface area contributed by atoms with Crippen molar-refractivity contribution in [3.8, 4) is 5.95 Å². The van der Waals surface area contributed by atoms with E-state index in [4.69, 9.17) is 20.1 Å². The number of rotatable bonds is 4. The number of benzene rings is 2. The molecule has 3 aromatic heterocycles. The summed E-state index contributed by atoms with van der Waals surface area (Å²) in [5, 5.41) is 4.83. The molecule has 0 aliphatic rings. The average molecular weight is 382 g/mol. The maximum Gasteiger partial charge on any atom is 0.234 e. The molecule has 2 aromatic carbocycles. The summed E-state index contributed by atoms with van der Waals surface area (Å²) in [4.78, 5) is 14.4. The van der Waals surface area contributed by atoms with Crippen LogP contribution < -0.4 is 0 Å². The van der Waals surface area contributed by atoms with Crippen LogP contribution in [0.4, 0.5) is 0 Å². The lowest BCUT2D eigenvalue weighted by Gasteiger charge is -2.07. The van der Waals surface area contributed by atoms with Crippen molar-refractivity contribution in [2.75, 3.05) is 0 Å². The molecule has 0 saturated carbocycles. The number of hydrogen-bond donors (Lipinski definition) is 0. The third kappa shape index (κ3) is 2.88. The SMILES string of the molecule is CCn1c(-n2nc(C)c(Cc3ccccc3)c2C)nc2nc3ccccc3nc21. The third-order valence-electron chi connectivity index (χ3n) is 5.41. The van der Waals surface area contributed by atoms with Crippen LogP contribution in [0.3, 0.4) is 0 Å². The highest BCUT2D eigenvalue weighted by molar-refractivity contribution is 5.83. The normalized spacial score (nSPS) is 11.6. The van der Waals surface area contributed by atoms with E-state index >= 15 is 0 Å². The van der Waals surface area contributed by atoms with Crippen molar-refractivity contribution in [3.05, 3.63) is 77.1 Å². The molecule has 0 unspecified atom stereocenters. The van der Waals surface area contributed by atoms with Crippen LogP contribution in [0.25, 0.3) is 28.3 Å². The molecule has 0 spiro atoms. The van der Waals surface area contributed by atoms with Gasteiger partial charge in [-0.25, -0.2) is 14.6 Å². The Balaban J connectivity index is 1.67. The van der Waals surface area contributed by atoms with Crippen molar-refractivity contribution in [3.63, 3.8) is 0 Å². The largest absolute Gasteiger partial charge is 0.292 e. The molecule has 0 fully saturated rings. The summed E-state index contributed by atoms with van der Waals surface area (Å²) in [6.07, 6.45) is 0.852. The quantitative estimate of drug-likeness (QED) is 0.462. The third-order valence-corrected chi connectivity index (χ3v) is 5.41. The minimum atomic E-state index is 0.651. The average Bonchev–Trinajstić information content (AvgIpc) is 3.24. The van der Waals surface area contributed by atoms with Crippen LogP contribution in [-0.4, -0.2) is 29.3 Å². The number of para-hydroxylation sites is 2. The minimum absolute atomic E-state index is 0.651. The number of imidazole rings is 1. The summed E-state index contributed by atoms with van der Waals surface area (Å²) in [5.41, 5.74) is 7.79. The Hall–Kier alpha value is -3.54. The maximum absolute atomic E-state index is 4.83. The van der Waals surface area contributed by atoms with Gasteiger partial charge in [0.05, 0.1) is 16.7 Å². The topological polar surface area (TPSA) is 61.4 Å². The molecule has 0 aliphatic heterocycles. The molecule has 0 bridgehead atoms. The van der Waals surface area contributed by atoms with Gasteiger partial charge in [0.2, 0.25) is 5.95 Å². The summed E-state index contributed by atoms with van der Waals surface area (Å²) in [6.45, 7) is 7.00. The summed E-state index contributed by atoms with van der Waals surface area (Å²) < 4.78 is 4.02. The van der Waals surface area contributed by atoms with Crippen molar-refractivity contribution < 1.29 is 0 Å². The molecule has 144 valence electrons. The van der Waals surface area contributed by atoms with Gasteiger partial charge in [0.1, 0.15) is 0 Å². The highest BCUT2D eigenvalue weighted by Gasteiger charge is 2.20. The Kier molecular flexibility index (Phi) is 4.12. The first kappa shape index (κ1) is 17.6. The molecule has 6 nitrogen and oxygen atoms in total. The summed E-state index contributed by atoms with van der Waals surface area (Å²) in [7, 11) is 0. The van der Waals surface area contributed by atoms with Gasteiger partial charge in [0.15, 0.2) is 11.3 Å². The fourth-order valence-electron chi connectivity index (χ4n) is 3.87. The van der Waals surface area contributed by atoms with E-state index < -0.39 is 0 Å². The van der Waals surface area contributed by atoms with E-state index in [0.29, 0.717) is 5.65 Å². The van der Waals surface area contributed by atoms with Gasteiger partial charge in [0.25, 0.3) is 0 Å². The molecule has 0 atom stereocenters. The lowest BCUT2D eigenvalue weighted by molar-refractivity contribution is 0.683. The first-order chi connectivity index (χ1) is 14.2. The second-order valence-corrected chi connectivity index (χ2v) is 7.24. The lowest BCUT2D eigenvalue weighted by atomic mass is 10.0. The smallest absolute Gasteiger partial charge is 0.234 e. The molecule has 0 radical (unpaired) electrons. The monoisotopic (exact) mass is 382 g/mol. The van der Waals surface area contributed by atoms with Gasteiger partial charge in [-0.15, -0.1) is 0 Å². The van der Waals surface area contributed by atoms with E-state index in [1.165, 1.54) is 11.1 Å². The van der Waals surface area contributed by atoms with Gasteiger partial charge in [0, 0.05) is 24.2 Å². The number of nitrogens with zero attached hydrogens (tertiary/aromatic N) is 6. The Labute approximate surface area is 168 Å². The molecule has 0 amide bonds. The first-order valence-electron chi connectivity index (χ1n) is 9.88. The molecule has 6 heteroatoms. The number of aromatic nitrogens is 6. The fraction of sp³-hybridized carbons (Fsp3) is 0.217. The second-order valence-electron chi connectivity index (χ2n) is 7.24. The van der Waals surface area contributed by atoms with Gasteiger partial charge in [-0.05, 0) is 38.5 Å². The van der Waals surface area contributed by atoms with Crippen LogP contribution in [0.2, 0.25) is 0 Å². The fourth-order valence-corrected chi connectivity index (χ4v) is 3.87. The van der Waals surface area contributed by atoms with E-state index in [2.05, 4.69) is 49.6 Å². The minimum Gasteiger partial charge on any atom is -0.292 e. The summed E-state index contributed by atoms with van der Waals surface area (Å²) >= 11 is 0. The van der Waals surface area contributed by atoms with Crippen LogP contribution in [0, 0.1) is 13.8 Å². The Bertz CT molecular complexity index is 1330. The summed E-state index contributed by atoms with van der Waals surface area (Å²) in [5.74, 6) is 0.762. The van der Waals surface area contributed by atoms with Gasteiger partial charge in [-0.3, -0.25) is 4.57 Å². The summed E-state index contributed by atoms with van der Waals surface area (Å²) in [6, 6.07) is 18.4. The van der Waals surface area contributed by atoms with Crippen LogP contribution in [0.1, 0.15) is 29.4 Å². The Morgan fingerprint density at radius 3 is 2.24 bits per heavy atom. The van der Waals surface area contributed by atoms with Gasteiger partial charge < -0.3 is 0 Å². The van der Waals surface area contributed by atoms with E-state index in [0.717, 1.165) is 47.0 Å². The zero-order valence-corrected chi connectivity index (χ0v) is 16.8. The molecular formula is C23H22N6. The molecule has 5 aromatic rings. The molecule has 29 heavy (non-hydrogen) atoms. The van der Waals surface area contributed by atoms with Crippen LogP contribution in [0.5, 0.6) is 0 Å². The predicted octanol–water partition coefficient (Wildman–Crippen LogP) is 4.39. The zero-order chi connectivity index (χ0) is 20.0. The standard InChI is InChI=1S/C23H22N6/c1-4-28-22-21(24-19-12-8-9-13-20(19)25-22)26-23(28)29-16(3)18(15(2)27-29)14-17-10-6-5-7-11-17/h5-13H,4,14H2,1-3H3. The van der Waals surface area contributed by atoms with Crippen LogP contribution in [0.15, 0.2) is 54.6 Å². The second kappa shape index (κ2) is 6.81. The number of hydrogen-bond acceptors (Lipinski definition) is 4. The van der Waals surface area contributed by atoms with Crippen LogP contribution in [-0.2, 0) is 13.0 Å². The van der Waals surface area contributed by atoms with Gasteiger partial charge in [-0.1, -0.05) is 42.5 Å². The molecule has 0 saturated heterocycles. The number of fused-ring (bicyclic) bond motifs is 2. The molecular weight excluding hydrogens is 360 g/mol. The zero-order valence-electron chi connectivity index (χ0n) is 16.8. The Morgan fingerprint density at radius 2 is 1.52 bits per heavy atom. The van der Waals surface area contributed by atoms with Crippen molar-refractivity contribution in [2.45, 2.75) is 33.7 Å².